The van der Waals surface area contributed by atoms with E-state index in [0.29, 0.717) is 44.6 Å². The van der Waals surface area contributed by atoms with Crippen LogP contribution in [-0.4, -0.2) is 92.3 Å². The van der Waals surface area contributed by atoms with Gasteiger partial charge in [0.25, 0.3) is 0 Å². The van der Waals surface area contributed by atoms with E-state index in [2.05, 4.69) is 25.9 Å². The van der Waals surface area contributed by atoms with Crippen molar-refractivity contribution >= 4 is 6.09 Å². The Kier molecular flexibility index (Phi) is 12.3. The number of nitrogens with one attached hydrogen (secondary N) is 3. The van der Waals surface area contributed by atoms with Gasteiger partial charge in [0.1, 0.15) is 32.0 Å². The molecule has 4 aliphatic heterocycles. The zero-order chi connectivity index (χ0) is 30.1. The van der Waals surface area contributed by atoms with E-state index in [4.69, 9.17) is 23.7 Å². The van der Waals surface area contributed by atoms with Crippen LogP contribution in [0.3, 0.4) is 0 Å². The molecule has 44 heavy (non-hydrogen) atoms. The summed E-state index contributed by atoms with van der Waals surface area (Å²) >= 11 is 0. The molecule has 6 heterocycles. The summed E-state index contributed by atoms with van der Waals surface area (Å²) in [5.74, 6) is 4.22. The number of rotatable bonds is 8. The Balaban J connectivity index is 0.000000206. The van der Waals surface area contributed by atoms with Crippen LogP contribution in [0.2, 0.25) is 0 Å². The molecule has 1 amide bonds. The van der Waals surface area contributed by atoms with E-state index in [-0.39, 0.29) is 13.5 Å². The standard InChI is InChI=1S/C18H27N3O4.C13H19N3O2.CH4/c1-18(2,3)25-17(22)21-5-4-13(12-21)9-19-10-14-8-15-16(11-20-14)24-7-6-23-15;1-2-14-6-10(1)7-15-8-11-5-12-13(9-16-11)18-4-3-17-12;/h8,11,13,19H,4-7,9-10,12H2,1-3H3;5,9-10,14-15H,1-4,6-8H2;1H4. The summed E-state index contributed by atoms with van der Waals surface area (Å²) in [5.41, 5.74) is 1.48. The first-order valence-electron chi connectivity index (χ1n) is 15.4. The van der Waals surface area contributed by atoms with E-state index < -0.39 is 5.60 Å². The van der Waals surface area contributed by atoms with Crippen LogP contribution < -0.4 is 34.9 Å². The van der Waals surface area contributed by atoms with E-state index in [0.717, 1.165) is 86.8 Å². The van der Waals surface area contributed by atoms with Gasteiger partial charge in [0.05, 0.1) is 23.8 Å². The third-order valence-electron chi connectivity index (χ3n) is 7.55. The Morgan fingerprint density at radius 1 is 0.886 bits per heavy atom. The summed E-state index contributed by atoms with van der Waals surface area (Å²) in [5, 5.41) is 10.2. The van der Waals surface area contributed by atoms with Gasteiger partial charge in [-0.2, -0.15) is 0 Å². The number of likely N-dealkylation sites (tertiary alicyclic amines) is 1. The van der Waals surface area contributed by atoms with Crippen molar-refractivity contribution in [3.8, 4) is 23.0 Å². The predicted octanol–water partition coefficient (Wildman–Crippen LogP) is 3.39. The molecule has 0 saturated carbocycles. The predicted molar refractivity (Wildman–Crippen MR) is 167 cm³/mol. The lowest BCUT2D eigenvalue weighted by molar-refractivity contribution is 0.0288. The molecule has 12 heteroatoms. The summed E-state index contributed by atoms with van der Waals surface area (Å²) < 4.78 is 27.5. The molecule has 0 aliphatic carbocycles. The fourth-order valence-corrected chi connectivity index (χ4v) is 5.36. The highest BCUT2D eigenvalue weighted by molar-refractivity contribution is 5.68. The van der Waals surface area contributed by atoms with E-state index >= 15 is 0 Å². The molecule has 2 aromatic heterocycles. The molecule has 244 valence electrons. The van der Waals surface area contributed by atoms with Crippen LogP contribution in [0.1, 0.15) is 52.4 Å². The minimum atomic E-state index is -0.447. The first-order valence-corrected chi connectivity index (χ1v) is 15.4. The molecule has 0 radical (unpaired) electrons. The average molecular weight is 615 g/mol. The SMILES string of the molecule is C.CC(C)(C)OC(=O)N1CCC(CNCc2cc3c(cn2)OCCO3)C1.c1nc(CNCC2CCNC2)cc2c1OCCO2. The topological polar surface area (TPSA) is 128 Å². The highest BCUT2D eigenvalue weighted by Gasteiger charge is 2.29. The molecule has 2 atom stereocenters. The van der Waals surface area contributed by atoms with Gasteiger partial charge in [0, 0.05) is 44.9 Å². The van der Waals surface area contributed by atoms with Crippen molar-refractivity contribution < 1.29 is 28.5 Å². The molecule has 12 nitrogen and oxygen atoms in total. The summed E-state index contributed by atoms with van der Waals surface area (Å²) in [7, 11) is 0. The maximum absolute atomic E-state index is 12.1. The van der Waals surface area contributed by atoms with Crippen molar-refractivity contribution in [2.75, 3.05) is 65.7 Å². The number of hydrogen-bond acceptors (Lipinski definition) is 11. The summed E-state index contributed by atoms with van der Waals surface area (Å²) in [6, 6.07) is 3.89. The Labute approximate surface area is 261 Å². The molecule has 2 unspecified atom stereocenters. The second-order valence-corrected chi connectivity index (χ2v) is 12.3. The number of amides is 1. The summed E-state index contributed by atoms with van der Waals surface area (Å²) in [4.78, 5) is 22.6. The molecule has 3 N–H and O–H groups in total. The molecule has 2 saturated heterocycles. The molecule has 2 aromatic rings. The third-order valence-corrected chi connectivity index (χ3v) is 7.55. The van der Waals surface area contributed by atoms with Crippen molar-refractivity contribution in [2.45, 2.75) is 59.7 Å². The van der Waals surface area contributed by atoms with E-state index in [1.54, 1.807) is 17.3 Å². The quantitative estimate of drug-likeness (QED) is 0.405. The number of fused-ring (bicyclic) bond motifs is 2. The Morgan fingerprint density at radius 3 is 1.95 bits per heavy atom. The maximum atomic E-state index is 12.1. The lowest BCUT2D eigenvalue weighted by Gasteiger charge is -2.24. The molecular formula is C32H50N6O6. The van der Waals surface area contributed by atoms with Crippen molar-refractivity contribution in [3.05, 3.63) is 35.9 Å². The van der Waals surface area contributed by atoms with Crippen LogP contribution in [0, 0.1) is 11.8 Å². The number of pyridine rings is 2. The van der Waals surface area contributed by atoms with E-state index in [1.807, 2.05) is 32.9 Å². The highest BCUT2D eigenvalue weighted by atomic mass is 16.6. The van der Waals surface area contributed by atoms with Gasteiger partial charge in [-0.15, -0.1) is 0 Å². The summed E-state index contributed by atoms with van der Waals surface area (Å²) in [6.45, 7) is 15.1. The average Bonchev–Trinajstić information content (AvgIpc) is 3.70. The van der Waals surface area contributed by atoms with Gasteiger partial charge in [-0.3, -0.25) is 9.97 Å². The zero-order valence-electron chi connectivity index (χ0n) is 25.7. The Bertz CT molecular complexity index is 1200. The van der Waals surface area contributed by atoms with Crippen LogP contribution in [-0.2, 0) is 17.8 Å². The van der Waals surface area contributed by atoms with Crippen molar-refractivity contribution in [1.82, 2.24) is 30.8 Å². The van der Waals surface area contributed by atoms with Gasteiger partial charge >= 0.3 is 6.09 Å². The zero-order valence-corrected chi connectivity index (χ0v) is 25.7. The van der Waals surface area contributed by atoms with Gasteiger partial charge < -0.3 is 44.5 Å². The number of nitrogens with zero attached hydrogens (tertiary/aromatic N) is 3. The number of aromatic nitrogens is 2. The van der Waals surface area contributed by atoms with Gasteiger partial charge in [-0.25, -0.2) is 4.79 Å². The first kappa shape index (κ1) is 33.5. The van der Waals surface area contributed by atoms with Gasteiger partial charge in [-0.1, -0.05) is 7.43 Å². The smallest absolute Gasteiger partial charge is 0.410 e. The van der Waals surface area contributed by atoms with Crippen LogP contribution in [0.25, 0.3) is 0 Å². The molecular weight excluding hydrogens is 564 g/mol. The number of hydrogen-bond donors (Lipinski definition) is 3. The molecule has 6 rings (SSSR count). The molecule has 0 aromatic carbocycles. The monoisotopic (exact) mass is 614 g/mol. The van der Waals surface area contributed by atoms with Gasteiger partial charge in [0.2, 0.25) is 0 Å². The largest absolute Gasteiger partial charge is 0.486 e. The molecule has 4 aliphatic rings. The number of carbonyl (C=O) groups excluding carboxylic acids is 1. The molecule has 2 fully saturated rings. The second-order valence-electron chi connectivity index (χ2n) is 12.3. The van der Waals surface area contributed by atoms with Crippen LogP contribution in [0.5, 0.6) is 23.0 Å². The first-order chi connectivity index (χ1) is 20.8. The maximum Gasteiger partial charge on any atom is 0.410 e. The normalized spacial score (nSPS) is 20.3. The van der Waals surface area contributed by atoms with Crippen LogP contribution in [0.4, 0.5) is 4.79 Å². The number of ether oxygens (including phenoxy) is 5. The minimum absolute atomic E-state index is 0. The lowest BCUT2D eigenvalue weighted by atomic mass is 10.1. The minimum Gasteiger partial charge on any atom is -0.486 e. The van der Waals surface area contributed by atoms with E-state index in [1.165, 1.54) is 6.42 Å². The van der Waals surface area contributed by atoms with Gasteiger partial charge in [0.15, 0.2) is 23.0 Å². The van der Waals surface area contributed by atoms with E-state index in [9.17, 15) is 4.79 Å². The lowest BCUT2D eigenvalue weighted by Crippen LogP contribution is -2.36. The Morgan fingerprint density at radius 2 is 1.43 bits per heavy atom. The molecule has 0 bridgehead atoms. The fraction of sp³-hybridized carbons (Fsp3) is 0.656. The second kappa shape index (κ2) is 16.1. The summed E-state index contributed by atoms with van der Waals surface area (Å²) in [6.07, 6.45) is 5.50. The molecule has 0 spiro atoms. The van der Waals surface area contributed by atoms with Crippen molar-refractivity contribution in [1.29, 1.82) is 0 Å². The highest BCUT2D eigenvalue weighted by Crippen LogP contribution is 2.30. The van der Waals surface area contributed by atoms with Gasteiger partial charge in [-0.05, 0) is 65.1 Å². The van der Waals surface area contributed by atoms with Crippen LogP contribution >= 0.6 is 0 Å². The Hall–Kier alpha value is -3.35. The van der Waals surface area contributed by atoms with Crippen molar-refractivity contribution in [2.24, 2.45) is 11.8 Å². The van der Waals surface area contributed by atoms with Crippen molar-refractivity contribution in [3.63, 3.8) is 0 Å². The third kappa shape index (κ3) is 10.1. The number of carbonyl (C=O) groups is 1. The fourth-order valence-electron chi connectivity index (χ4n) is 5.36. The van der Waals surface area contributed by atoms with Crippen LogP contribution in [0.15, 0.2) is 24.5 Å².